The minimum absolute atomic E-state index is 0.106. The molecule has 1 rings (SSSR count). The van der Waals surface area contributed by atoms with Crippen molar-refractivity contribution in [2.75, 3.05) is 19.6 Å². The highest BCUT2D eigenvalue weighted by molar-refractivity contribution is 4.75. The van der Waals surface area contributed by atoms with Crippen LogP contribution in [0.2, 0.25) is 0 Å². The van der Waals surface area contributed by atoms with Gasteiger partial charge >= 0.3 is 0 Å². The molecule has 0 aliphatic carbocycles. The second-order valence-corrected chi connectivity index (χ2v) is 5.32. The highest BCUT2D eigenvalue weighted by atomic mass is 16.3. The van der Waals surface area contributed by atoms with Crippen LogP contribution in [-0.2, 0) is 0 Å². The van der Waals surface area contributed by atoms with Crippen LogP contribution in [-0.4, -0.2) is 35.7 Å². The fourth-order valence-corrected chi connectivity index (χ4v) is 2.52. The van der Waals surface area contributed by atoms with Crippen LogP contribution < -0.4 is 0 Å². The maximum atomic E-state index is 9.73. The second kappa shape index (κ2) is 6.49. The van der Waals surface area contributed by atoms with Crippen LogP contribution in [0.1, 0.15) is 46.5 Å². The lowest BCUT2D eigenvalue weighted by atomic mass is 9.86. The number of nitrogens with zero attached hydrogens (tertiary/aromatic N) is 1. The molecule has 0 aromatic rings. The van der Waals surface area contributed by atoms with Gasteiger partial charge in [-0.05, 0) is 44.2 Å². The molecular formula is C13H27NO. The van der Waals surface area contributed by atoms with Crippen LogP contribution in [0.4, 0.5) is 0 Å². The monoisotopic (exact) mass is 213 g/mol. The van der Waals surface area contributed by atoms with Gasteiger partial charge in [0.2, 0.25) is 0 Å². The molecule has 1 heterocycles. The smallest absolute Gasteiger partial charge is 0.0667 e. The van der Waals surface area contributed by atoms with Crippen molar-refractivity contribution in [3.8, 4) is 0 Å². The van der Waals surface area contributed by atoms with Crippen LogP contribution >= 0.6 is 0 Å². The Hall–Kier alpha value is -0.0800. The molecule has 15 heavy (non-hydrogen) atoms. The minimum atomic E-state index is -0.106. The fourth-order valence-electron chi connectivity index (χ4n) is 2.52. The lowest BCUT2D eigenvalue weighted by Crippen LogP contribution is -2.39. The van der Waals surface area contributed by atoms with Crippen molar-refractivity contribution < 1.29 is 5.11 Å². The molecule has 0 spiro atoms. The molecule has 1 aliphatic heterocycles. The summed E-state index contributed by atoms with van der Waals surface area (Å²) in [7, 11) is 0. The quantitative estimate of drug-likeness (QED) is 0.758. The van der Waals surface area contributed by atoms with Crippen molar-refractivity contribution in [2.45, 2.75) is 52.6 Å². The first-order valence-electron chi connectivity index (χ1n) is 6.54. The zero-order valence-corrected chi connectivity index (χ0v) is 10.6. The summed E-state index contributed by atoms with van der Waals surface area (Å²) in [4.78, 5) is 2.43. The molecule has 1 unspecified atom stereocenters. The highest BCUT2D eigenvalue weighted by Gasteiger charge is 2.22. The van der Waals surface area contributed by atoms with E-state index in [9.17, 15) is 5.11 Å². The van der Waals surface area contributed by atoms with E-state index >= 15 is 0 Å². The molecule has 1 saturated heterocycles. The van der Waals surface area contributed by atoms with E-state index in [0.717, 1.165) is 31.2 Å². The van der Waals surface area contributed by atoms with E-state index < -0.39 is 0 Å². The van der Waals surface area contributed by atoms with E-state index in [0.29, 0.717) is 0 Å². The fraction of sp³-hybridized carbons (Fsp3) is 1.00. The van der Waals surface area contributed by atoms with Crippen molar-refractivity contribution >= 4 is 0 Å². The number of rotatable bonds is 5. The van der Waals surface area contributed by atoms with Crippen LogP contribution in [0.3, 0.4) is 0 Å². The zero-order chi connectivity index (χ0) is 11.3. The normalized spacial score (nSPS) is 22.2. The average Bonchev–Trinajstić information content (AvgIpc) is 2.18. The van der Waals surface area contributed by atoms with E-state index in [4.69, 9.17) is 0 Å². The first kappa shape index (κ1) is 13.0. The summed E-state index contributed by atoms with van der Waals surface area (Å²) >= 11 is 0. The Bertz CT molecular complexity index is 162. The Morgan fingerprint density at radius 1 is 1.27 bits per heavy atom. The van der Waals surface area contributed by atoms with Gasteiger partial charge in [-0.25, -0.2) is 0 Å². The number of hydrogen-bond donors (Lipinski definition) is 1. The molecule has 1 atom stereocenters. The number of aliphatic hydroxyl groups excluding tert-OH is 1. The number of piperidine rings is 1. The number of likely N-dealkylation sites (tertiary alicyclic amines) is 1. The Morgan fingerprint density at radius 2 is 1.87 bits per heavy atom. The maximum Gasteiger partial charge on any atom is 0.0667 e. The van der Waals surface area contributed by atoms with E-state index in [-0.39, 0.29) is 6.10 Å². The summed E-state index contributed by atoms with van der Waals surface area (Å²) in [5.74, 6) is 1.73. The maximum absolute atomic E-state index is 9.73. The zero-order valence-electron chi connectivity index (χ0n) is 10.6. The van der Waals surface area contributed by atoms with Gasteiger partial charge in [0.1, 0.15) is 0 Å². The van der Waals surface area contributed by atoms with Gasteiger partial charge in [0.05, 0.1) is 6.10 Å². The van der Waals surface area contributed by atoms with E-state index in [2.05, 4.69) is 25.7 Å². The van der Waals surface area contributed by atoms with E-state index in [1.807, 2.05) is 0 Å². The molecule has 1 N–H and O–H groups in total. The van der Waals surface area contributed by atoms with Gasteiger partial charge in [0, 0.05) is 6.54 Å². The van der Waals surface area contributed by atoms with Gasteiger partial charge in [-0.2, -0.15) is 0 Å². The largest absolute Gasteiger partial charge is 0.392 e. The SMILES string of the molecule is CCCC(O)CN1CCC(C(C)C)CC1. The van der Waals surface area contributed by atoms with Crippen LogP contribution in [0.5, 0.6) is 0 Å². The van der Waals surface area contributed by atoms with Gasteiger partial charge in [0.25, 0.3) is 0 Å². The van der Waals surface area contributed by atoms with Crippen molar-refractivity contribution in [1.82, 2.24) is 4.90 Å². The molecule has 0 amide bonds. The molecule has 2 nitrogen and oxygen atoms in total. The lowest BCUT2D eigenvalue weighted by molar-refractivity contribution is 0.0767. The van der Waals surface area contributed by atoms with Crippen LogP contribution in [0.15, 0.2) is 0 Å². The predicted octanol–water partition coefficient (Wildman–Crippen LogP) is 2.52. The molecule has 0 bridgehead atoms. The third kappa shape index (κ3) is 4.52. The van der Waals surface area contributed by atoms with Gasteiger partial charge in [-0.15, -0.1) is 0 Å². The van der Waals surface area contributed by atoms with Crippen molar-refractivity contribution in [2.24, 2.45) is 11.8 Å². The number of hydrogen-bond acceptors (Lipinski definition) is 2. The molecule has 0 aromatic heterocycles. The molecule has 90 valence electrons. The predicted molar refractivity (Wildman–Crippen MR) is 64.9 cm³/mol. The summed E-state index contributed by atoms with van der Waals surface area (Å²) in [6.45, 7) is 10.0. The molecule has 0 saturated carbocycles. The molecule has 0 radical (unpaired) electrons. The first-order chi connectivity index (χ1) is 7.13. The summed E-state index contributed by atoms with van der Waals surface area (Å²) in [6, 6.07) is 0. The third-order valence-electron chi connectivity index (χ3n) is 3.67. The number of β-amino-alcohol motifs (C(OH)–C–C–N with tert-alkyl or cyclic N) is 1. The molecule has 1 aliphatic rings. The molecule has 0 aromatic carbocycles. The van der Waals surface area contributed by atoms with E-state index in [1.54, 1.807) is 0 Å². The molecular weight excluding hydrogens is 186 g/mol. The summed E-state index contributed by atoms with van der Waals surface area (Å²) in [5.41, 5.74) is 0. The highest BCUT2D eigenvalue weighted by Crippen LogP contribution is 2.24. The van der Waals surface area contributed by atoms with Crippen molar-refractivity contribution in [1.29, 1.82) is 0 Å². The third-order valence-corrected chi connectivity index (χ3v) is 3.67. The van der Waals surface area contributed by atoms with Crippen molar-refractivity contribution in [3.05, 3.63) is 0 Å². The summed E-state index contributed by atoms with van der Waals surface area (Å²) < 4.78 is 0. The van der Waals surface area contributed by atoms with Gasteiger partial charge in [-0.3, -0.25) is 0 Å². The standard InChI is InChI=1S/C13H27NO/c1-4-5-13(15)10-14-8-6-12(7-9-14)11(2)3/h11-13,15H,4-10H2,1-3H3. The summed E-state index contributed by atoms with van der Waals surface area (Å²) in [5, 5.41) is 9.73. The lowest BCUT2D eigenvalue weighted by Gasteiger charge is -2.34. The van der Waals surface area contributed by atoms with Crippen LogP contribution in [0, 0.1) is 11.8 Å². The van der Waals surface area contributed by atoms with Gasteiger partial charge in [-0.1, -0.05) is 27.2 Å². The topological polar surface area (TPSA) is 23.5 Å². The second-order valence-electron chi connectivity index (χ2n) is 5.32. The molecule has 1 fully saturated rings. The molecule has 2 heteroatoms. The summed E-state index contributed by atoms with van der Waals surface area (Å²) in [6.07, 6.45) is 4.56. The Labute approximate surface area is 94.7 Å². The number of aliphatic hydroxyl groups is 1. The average molecular weight is 213 g/mol. The Balaban J connectivity index is 2.19. The van der Waals surface area contributed by atoms with Gasteiger partial charge in [0.15, 0.2) is 0 Å². The van der Waals surface area contributed by atoms with Gasteiger partial charge < -0.3 is 10.0 Å². The van der Waals surface area contributed by atoms with Crippen molar-refractivity contribution in [3.63, 3.8) is 0 Å². The minimum Gasteiger partial charge on any atom is -0.392 e. The Kier molecular flexibility index (Phi) is 5.62. The Morgan fingerprint density at radius 3 is 2.33 bits per heavy atom. The van der Waals surface area contributed by atoms with E-state index in [1.165, 1.54) is 25.9 Å². The first-order valence-corrected chi connectivity index (χ1v) is 6.54. The van der Waals surface area contributed by atoms with Crippen LogP contribution in [0.25, 0.3) is 0 Å².